The lowest BCUT2D eigenvalue weighted by Gasteiger charge is -2.17. The van der Waals surface area contributed by atoms with Gasteiger partial charge in [-0.2, -0.15) is 0 Å². The van der Waals surface area contributed by atoms with Crippen LogP contribution in [0.15, 0.2) is 5.18 Å². The molecule has 1 fully saturated rings. The Kier molecular flexibility index (Phi) is 1.56. The van der Waals surface area contributed by atoms with Crippen LogP contribution in [0.1, 0.15) is 12.8 Å². The third kappa shape index (κ3) is 0.844. The molecule has 0 aliphatic heterocycles. The van der Waals surface area contributed by atoms with E-state index in [9.17, 15) is 9.70 Å². The Morgan fingerprint density at radius 2 is 2.00 bits per heavy atom. The van der Waals surface area contributed by atoms with E-state index in [2.05, 4.69) is 5.18 Å². The first-order valence-corrected chi connectivity index (χ1v) is 3.19. The van der Waals surface area contributed by atoms with Crippen LogP contribution in [0.4, 0.5) is 0 Å². The van der Waals surface area contributed by atoms with Crippen molar-refractivity contribution in [3.63, 3.8) is 0 Å². The first-order valence-electron chi connectivity index (χ1n) is 3.19. The zero-order valence-electron chi connectivity index (χ0n) is 6.13. The lowest BCUT2D eigenvalue weighted by Crippen LogP contribution is -2.36. The highest BCUT2D eigenvalue weighted by molar-refractivity contribution is 5.89. The molecule has 56 valence electrons. The van der Waals surface area contributed by atoms with Gasteiger partial charge in [-0.15, -0.1) is 4.91 Å². The van der Waals surface area contributed by atoms with Gasteiger partial charge >= 0.3 is 5.91 Å². The van der Waals surface area contributed by atoms with Crippen molar-refractivity contribution in [3.05, 3.63) is 4.91 Å². The highest BCUT2D eigenvalue weighted by Gasteiger charge is 2.52. The first kappa shape index (κ1) is 7.34. The molecule has 0 atom stereocenters. The maximum absolute atomic E-state index is 10.8. The van der Waals surface area contributed by atoms with Crippen molar-refractivity contribution in [1.29, 1.82) is 0 Å². The molecule has 1 rings (SSSR count). The zero-order chi connectivity index (χ0) is 7.78. The summed E-state index contributed by atoms with van der Waals surface area (Å²) in [7, 11) is 3.58. The van der Waals surface area contributed by atoms with Gasteiger partial charge in [-0.05, 0) is 26.9 Å². The monoisotopic (exact) mass is 142 g/mol. The molecule has 0 saturated heterocycles. The molecule has 0 aromatic heterocycles. The van der Waals surface area contributed by atoms with Crippen LogP contribution in [0.2, 0.25) is 0 Å². The Morgan fingerprint density at radius 1 is 1.50 bits per heavy atom. The van der Waals surface area contributed by atoms with Gasteiger partial charge in [-0.3, -0.25) is 9.69 Å². The van der Waals surface area contributed by atoms with E-state index in [1.54, 1.807) is 19.0 Å². The predicted octanol–water partition coefficient (Wildman–Crippen LogP) is 0.374. The minimum Gasteiger partial charge on any atom is -0.295 e. The van der Waals surface area contributed by atoms with E-state index in [1.165, 1.54) is 0 Å². The number of carbonyl (C=O) groups is 1. The topological polar surface area (TPSA) is 49.7 Å². The minimum absolute atomic E-state index is 0.526. The molecule has 1 saturated carbocycles. The Morgan fingerprint density at radius 3 is 2.10 bits per heavy atom. The molecule has 1 amide bonds. The van der Waals surface area contributed by atoms with Gasteiger partial charge in [-0.25, -0.2) is 0 Å². The minimum atomic E-state index is -0.530. The van der Waals surface area contributed by atoms with Gasteiger partial charge in [0.25, 0.3) is 0 Å². The molecule has 1 aliphatic rings. The number of nitroso groups, excluding NO2 is 1. The van der Waals surface area contributed by atoms with Crippen molar-refractivity contribution < 1.29 is 4.79 Å². The van der Waals surface area contributed by atoms with Crippen molar-refractivity contribution in [3.8, 4) is 0 Å². The average Bonchev–Trinajstić information content (AvgIpc) is 2.65. The van der Waals surface area contributed by atoms with Crippen molar-refractivity contribution >= 4 is 5.91 Å². The summed E-state index contributed by atoms with van der Waals surface area (Å²) in [6.07, 6.45) is 1.54. The Hall–Kier alpha value is -0.770. The SMILES string of the molecule is CN(C)C1(C(=O)N=O)CC1. The third-order valence-corrected chi connectivity index (χ3v) is 2.06. The van der Waals surface area contributed by atoms with Crippen LogP contribution in [0.3, 0.4) is 0 Å². The molecular formula is C6H10N2O2. The molecule has 0 N–H and O–H groups in total. The highest BCUT2D eigenvalue weighted by atomic mass is 16.3. The molecule has 4 heteroatoms. The van der Waals surface area contributed by atoms with Gasteiger partial charge in [0.05, 0.1) is 0 Å². The summed E-state index contributed by atoms with van der Waals surface area (Å²) in [5.41, 5.74) is -0.526. The van der Waals surface area contributed by atoms with Gasteiger partial charge in [0.1, 0.15) is 5.54 Å². The van der Waals surface area contributed by atoms with E-state index in [4.69, 9.17) is 0 Å². The Labute approximate surface area is 59.2 Å². The second-order valence-corrected chi connectivity index (χ2v) is 2.82. The summed E-state index contributed by atoms with van der Waals surface area (Å²) in [5.74, 6) is -0.530. The summed E-state index contributed by atoms with van der Waals surface area (Å²) in [6, 6.07) is 0. The first-order chi connectivity index (χ1) is 4.63. The standard InChI is InChI=1S/C6H10N2O2/c1-8(2)6(3-4-6)5(9)7-10/h3-4H2,1-2H3. The molecule has 0 radical (unpaired) electrons. The lowest BCUT2D eigenvalue weighted by molar-refractivity contribution is -0.123. The van der Waals surface area contributed by atoms with E-state index in [1.807, 2.05) is 0 Å². The summed E-state index contributed by atoms with van der Waals surface area (Å²) in [6.45, 7) is 0. The second-order valence-electron chi connectivity index (χ2n) is 2.82. The average molecular weight is 142 g/mol. The Bertz CT molecular complexity index is 173. The van der Waals surface area contributed by atoms with Crippen LogP contribution < -0.4 is 0 Å². The summed E-state index contributed by atoms with van der Waals surface area (Å²) in [5, 5.41) is 2.41. The van der Waals surface area contributed by atoms with Gasteiger partial charge in [0.2, 0.25) is 0 Å². The van der Waals surface area contributed by atoms with Gasteiger partial charge in [-0.1, -0.05) is 0 Å². The van der Waals surface area contributed by atoms with Crippen LogP contribution in [-0.2, 0) is 4.79 Å². The van der Waals surface area contributed by atoms with Gasteiger partial charge in [0, 0.05) is 5.18 Å². The second kappa shape index (κ2) is 2.12. The van der Waals surface area contributed by atoms with Crippen LogP contribution in [0, 0.1) is 4.91 Å². The molecule has 0 aromatic carbocycles. The molecule has 0 heterocycles. The fourth-order valence-corrected chi connectivity index (χ4v) is 1.06. The van der Waals surface area contributed by atoms with Crippen LogP contribution in [0.5, 0.6) is 0 Å². The van der Waals surface area contributed by atoms with Crippen molar-refractivity contribution in [1.82, 2.24) is 4.90 Å². The number of nitrogens with zero attached hydrogens (tertiary/aromatic N) is 2. The molecule has 4 nitrogen and oxygen atoms in total. The van der Waals surface area contributed by atoms with Crippen LogP contribution in [0.25, 0.3) is 0 Å². The van der Waals surface area contributed by atoms with Gasteiger partial charge in [0.15, 0.2) is 0 Å². The number of carbonyl (C=O) groups excluding carboxylic acids is 1. The lowest BCUT2D eigenvalue weighted by atomic mass is 10.2. The molecule has 10 heavy (non-hydrogen) atoms. The molecule has 0 aromatic rings. The van der Waals surface area contributed by atoms with Crippen molar-refractivity contribution in [2.24, 2.45) is 5.18 Å². The van der Waals surface area contributed by atoms with Crippen LogP contribution >= 0.6 is 0 Å². The van der Waals surface area contributed by atoms with E-state index in [0.717, 1.165) is 12.8 Å². The molecule has 0 unspecified atom stereocenters. The summed E-state index contributed by atoms with van der Waals surface area (Å²) >= 11 is 0. The molecule has 1 aliphatic carbocycles. The fourth-order valence-electron chi connectivity index (χ4n) is 1.06. The number of likely N-dealkylation sites (N-methyl/N-ethyl adjacent to an activating group) is 1. The normalized spacial score (nSPS) is 20.7. The third-order valence-electron chi connectivity index (χ3n) is 2.06. The fraction of sp³-hybridized carbons (Fsp3) is 0.833. The predicted molar refractivity (Wildman–Crippen MR) is 36.5 cm³/mol. The number of rotatable bonds is 2. The zero-order valence-corrected chi connectivity index (χ0v) is 6.13. The number of amides is 1. The Balaban J connectivity index is 2.69. The summed E-state index contributed by atoms with van der Waals surface area (Å²) < 4.78 is 0. The van der Waals surface area contributed by atoms with E-state index in [-0.39, 0.29) is 0 Å². The number of hydrogen-bond donors (Lipinski definition) is 0. The molecular weight excluding hydrogens is 132 g/mol. The largest absolute Gasteiger partial charge is 0.306 e. The van der Waals surface area contributed by atoms with Gasteiger partial charge < -0.3 is 0 Å². The number of hydrogen-bond acceptors (Lipinski definition) is 3. The smallest absolute Gasteiger partial charge is 0.295 e. The van der Waals surface area contributed by atoms with Crippen molar-refractivity contribution in [2.45, 2.75) is 18.4 Å². The van der Waals surface area contributed by atoms with E-state index in [0.29, 0.717) is 0 Å². The highest BCUT2D eigenvalue weighted by Crippen LogP contribution is 2.40. The van der Waals surface area contributed by atoms with Crippen molar-refractivity contribution in [2.75, 3.05) is 14.1 Å². The quantitative estimate of drug-likeness (QED) is 0.523. The van der Waals surface area contributed by atoms with Crippen LogP contribution in [-0.4, -0.2) is 30.4 Å². The van der Waals surface area contributed by atoms with E-state index >= 15 is 0 Å². The maximum atomic E-state index is 10.8. The summed E-state index contributed by atoms with van der Waals surface area (Å²) in [4.78, 5) is 22.4. The maximum Gasteiger partial charge on any atom is 0.306 e. The van der Waals surface area contributed by atoms with E-state index < -0.39 is 11.4 Å². The molecule has 0 spiro atoms. The molecule has 0 bridgehead atoms.